The van der Waals surface area contributed by atoms with Gasteiger partial charge in [0.05, 0.1) is 12.1 Å². The monoisotopic (exact) mass is 452 g/mol. The number of nitriles is 1. The summed E-state index contributed by atoms with van der Waals surface area (Å²) < 4.78 is 20.5. The van der Waals surface area contributed by atoms with Crippen molar-refractivity contribution in [2.45, 2.75) is 44.6 Å². The molecule has 1 aliphatic heterocycles. The maximum absolute atomic E-state index is 14.7. The van der Waals surface area contributed by atoms with Gasteiger partial charge in [-0.15, -0.1) is 0 Å². The number of benzene rings is 1. The minimum absolute atomic E-state index is 0.0388. The number of pyridine rings is 1. The molecule has 4 rings (SSSR count). The molecular formula is C24H25FN4O4. The van der Waals surface area contributed by atoms with Crippen LogP contribution in [0.1, 0.15) is 31.7 Å². The second-order valence-corrected chi connectivity index (χ2v) is 8.44. The third-order valence-corrected chi connectivity index (χ3v) is 5.82. The molecule has 1 aliphatic carbocycles. The molecule has 2 aliphatic rings. The largest absolute Gasteiger partial charge is 0.486 e. The predicted octanol–water partition coefficient (Wildman–Crippen LogP) is 2.67. The van der Waals surface area contributed by atoms with Crippen LogP contribution in [0.5, 0.6) is 5.75 Å². The van der Waals surface area contributed by atoms with E-state index in [4.69, 9.17) is 4.74 Å². The summed E-state index contributed by atoms with van der Waals surface area (Å²) in [6, 6.07) is 10.6. The second kappa shape index (κ2) is 9.55. The molecule has 2 amide bonds. The number of carbonyl (C=O) groups excluding carboxylic acids is 2. The topological polar surface area (TPSA) is 116 Å². The first kappa shape index (κ1) is 22.7. The van der Waals surface area contributed by atoms with Gasteiger partial charge in [0, 0.05) is 25.1 Å². The molecule has 2 heterocycles. The molecule has 33 heavy (non-hydrogen) atoms. The molecule has 1 aromatic carbocycles. The standard InChI is InChI=1S/C24H25FN4O4/c1-14(30)24(32)29-9-7-21(19(25)13-29)33-20-5-4-16(10-18(20)12-26)17-6-8-27-22(11-17)28-23(31)15-2-3-15/h4-6,8,10-11,14-15,19,21,30H,2-3,7,9,13H2,1H3,(H,27,28,31)/t14?,19-,21+/m1/s1. The fourth-order valence-electron chi connectivity index (χ4n) is 3.80. The van der Waals surface area contributed by atoms with Crippen molar-refractivity contribution < 1.29 is 23.8 Å². The van der Waals surface area contributed by atoms with E-state index in [9.17, 15) is 24.3 Å². The Morgan fingerprint density at radius 1 is 1.27 bits per heavy atom. The van der Waals surface area contributed by atoms with Gasteiger partial charge in [-0.05, 0) is 55.2 Å². The number of likely N-dealkylation sites (tertiary alicyclic amines) is 1. The molecule has 172 valence electrons. The molecule has 3 atom stereocenters. The van der Waals surface area contributed by atoms with E-state index in [0.29, 0.717) is 5.82 Å². The highest BCUT2D eigenvalue weighted by molar-refractivity contribution is 5.93. The fourth-order valence-corrected chi connectivity index (χ4v) is 3.80. The second-order valence-electron chi connectivity index (χ2n) is 8.44. The molecule has 1 saturated heterocycles. The van der Waals surface area contributed by atoms with Crippen LogP contribution < -0.4 is 10.1 Å². The number of ether oxygens (including phenoxy) is 1. The minimum Gasteiger partial charge on any atom is -0.486 e. The average Bonchev–Trinajstić information content (AvgIpc) is 3.66. The maximum atomic E-state index is 14.7. The molecule has 2 N–H and O–H groups in total. The first-order chi connectivity index (χ1) is 15.9. The zero-order chi connectivity index (χ0) is 23.5. The van der Waals surface area contributed by atoms with Gasteiger partial charge in [-0.1, -0.05) is 6.07 Å². The Hall–Kier alpha value is -3.51. The molecular weight excluding hydrogens is 427 g/mol. The number of rotatable bonds is 6. The summed E-state index contributed by atoms with van der Waals surface area (Å²) in [5.74, 6) is 0.224. The molecule has 2 aromatic rings. The van der Waals surface area contributed by atoms with Crippen LogP contribution in [0.4, 0.5) is 10.2 Å². The molecule has 9 heteroatoms. The number of hydrogen-bond acceptors (Lipinski definition) is 6. The Balaban J connectivity index is 1.46. The lowest BCUT2D eigenvalue weighted by Gasteiger charge is -2.35. The summed E-state index contributed by atoms with van der Waals surface area (Å²) in [5.41, 5.74) is 1.76. The summed E-state index contributed by atoms with van der Waals surface area (Å²) in [6.45, 7) is 1.45. The number of halogens is 1. The zero-order valence-electron chi connectivity index (χ0n) is 18.2. The van der Waals surface area contributed by atoms with Crippen molar-refractivity contribution in [3.63, 3.8) is 0 Å². The van der Waals surface area contributed by atoms with Crippen molar-refractivity contribution in [1.29, 1.82) is 5.26 Å². The van der Waals surface area contributed by atoms with Gasteiger partial charge in [0.15, 0.2) is 6.17 Å². The highest BCUT2D eigenvalue weighted by atomic mass is 19.1. The summed E-state index contributed by atoms with van der Waals surface area (Å²) in [4.78, 5) is 29.4. The molecule has 0 radical (unpaired) electrons. The molecule has 1 aromatic heterocycles. The number of aromatic nitrogens is 1. The number of aliphatic hydroxyl groups is 1. The summed E-state index contributed by atoms with van der Waals surface area (Å²) in [6.07, 6.45) is 0.215. The molecule has 1 saturated carbocycles. The number of nitrogens with one attached hydrogen (secondary N) is 1. The zero-order valence-corrected chi connectivity index (χ0v) is 18.2. The van der Waals surface area contributed by atoms with Crippen LogP contribution in [0.15, 0.2) is 36.5 Å². The van der Waals surface area contributed by atoms with Gasteiger partial charge in [-0.25, -0.2) is 9.37 Å². The average molecular weight is 452 g/mol. The van der Waals surface area contributed by atoms with E-state index >= 15 is 0 Å². The SMILES string of the molecule is CC(O)C(=O)N1CC[C@H](Oc2ccc(-c3ccnc(NC(=O)C4CC4)c3)cc2C#N)[C@H](F)C1. The van der Waals surface area contributed by atoms with Crippen LogP contribution in [0, 0.1) is 17.2 Å². The molecule has 8 nitrogen and oxygen atoms in total. The van der Waals surface area contributed by atoms with Gasteiger partial charge >= 0.3 is 0 Å². The predicted molar refractivity (Wildman–Crippen MR) is 118 cm³/mol. The number of nitrogens with zero attached hydrogens (tertiary/aromatic N) is 3. The number of piperidine rings is 1. The van der Waals surface area contributed by atoms with Gasteiger partial charge in [0.25, 0.3) is 5.91 Å². The van der Waals surface area contributed by atoms with Crippen molar-refractivity contribution in [1.82, 2.24) is 9.88 Å². The number of amides is 2. The molecule has 0 spiro atoms. The van der Waals surface area contributed by atoms with Gasteiger partial charge in [-0.3, -0.25) is 9.59 Å². The molecule has 1 unspecified atom stereocenters. The number of hydrogen-bond donors (Lipinski definition) is 2. The van der Waals surface area contributed by atoms with Crippen molar-refractivity contribution in [3.8, 4) is 22.9 Å². The quantitative estimate of drug-likeness (QED) is 0.696. The van der Waals surface area contributed by atoms with E-state index in [1.165, 1.54) is 11.8 Å². The summed E-state index contributed by atoms with van der Waals surface area (Å²) in [5, 5.41) is 21.9. The van der Waals surface area contributed by atoms with Crippen LogP contribution >= 0.6 is 0 Å². The third-order valence-electron chi connectivity index (χ3n) is 5.82. The van der Waals surface area contributed by atoms with E-state index in [1.807, 2.05) is 0 Å². The Labute approximate surface area is 191 Å². The van der Waals surface area contributed by atoms with Crippen LogP contribution in [0.3, 0.4) is 0 Å². The smallest absolute Gasteiger partial charge is 0.251 e. The highest BCUT2D eigenvalue weighted by Gasteiger charge is 2.34. The van der Waals surface area contributed by atoms with E-state index < -0.39 is 24.3 Å². The maximum Gasteiger partial charge on any atom is 0.251 e. The highest BCUT2D eigenvalue weighted by Crippen LogP contribution is 2.32. The van der Waals surface area contributed by atoms with Gasteiger partial charge < -0.3 is 20.1 Å². The van der Waals surface area contributed by atoms with Crippen molar-refractivity contribution in [3.05, 3.63) is 42.1 Å². The fraction of sp³-hybridized carbons (Fsp3) is 0.417. The van der Waals surface area contributed by atoms with Gasteiger partial charge in [0.2, 0.25) is 5.91 Å². The lowest BCUT2D eigenvalue weighted by molar-refractivity contribution is -0.143. The van der Waals surface area contributed by atoms with Gasteiger partial charge in [0.1, 0.15) is 29.8 Å². The van der Waals surface area contributed by atoms with Crippen LogP contribution in [-0.4, -0.2) is 58.3 Å². The normalized spacial score (nSPS) is 21.1. The number of anilines is 1. The number of carbonyl (C=O) groups is 2. The summed E-state index contributed by atoms with van der Waals surface area (Å²) in [7, 11) is 0. The number of aliphatic hydroxyl groups excluding tert-OH is 1. The lowest BCUT2D eigenvalue weighted by Crippen LogP contribution is -2.51. The van der Waals surface area contributed by atoms with E-state index in [1.54, 1.807) is 36.5 Å². The lowest BCUT2D eigenvalue weighted by atomic mass is 10.0. The van der Waals surface area contributed by atoms with Crippen molar-refractivity contribution in [2.75, 3.05) is 18.4 Å². The van der Waals surface area contributed by atoms with E-state index in [-0.39, 0.29) is 42.6 Å². The van der Waals surface area contributed by atoms with Crippen LogP contribution in [-0.2, 0) is 9.59 Å². The Morgan fingerprint density at radius 3 is 2.70 bits per heavy atom. The summed E-state index contributed by atoms with van der Waals surface area (Å²) >= 11 is 0. The molecule has 2 fully saturated rings. The first-order valence-corrected chi connectivity index (χ1v) is 10.9. The Morgan fingerprint density at radius 2 is 2.03 bits per heavy atom. The van der Waals surface area contributed by atoms with Crippen LogP contribution in [0.2, 0.25) is 0 Å². The molecule has 0 bridgehead atoms. The third kappa shape index (κ3) is 5.29. The van der Waals surface area contributed by atoms with Crippen LogP contribution in [0.25, 0.3) is 11.1 Å². The minimum atomic E-state index is -1.44. The van der Waals surface area contributed by atoms with Gasteiger partial charge in [-0.2, -0.15) is 5.26 Å². The first-order valence-electron chi connectivity index (χ1n) is 10.9. The number of alkyl halides is 1. The van der Waals surface area contributed by atoms with E-state index in [2.05, 4.69) is 16.4 Å². The van der Waals surface area contributed by atoms with E-state index in [0.717, 1.165) is 24.0 Å². The van der Waals surface area contributed by atoms with Crippen molar-refractivity contribution >= 4 is 17.6 Å². The Bertz CT molecular complexity index is 1100. The Kier molecular flexibility index (Phi) is 6.56. The van der Waals surface area contributed by atoms with Crippen molar-refractivity contribution in [2.24, 2.45) is 5.92 Å².